The Kier molecular flexibility index (Phi) is 10.4. The maximum Gasteiger partial charge on any atom is 0.168 e. The van der Waals surface area contributed by atoms with E-state index in [1.165, 1.54) is 77.2 Å². The van der Waals surface area contributed by atoms with Gasteiger partial charge in [-0.05, 0) is 6.42 Å². The number of aryl methyl sites for hydroxylation is 1. The van der Waals surface area contributed by atoms with Crippen LogP contribution in [0.15, 0.2) is 30.6 Å². The standard InChI is InChI=1S/C18H32N/c1-2-3-4-5-6-7-8-9-10-11-13-16-19-17-14-12-15-18-19/h12,14-15,17-18H,2-11,13,16H2,1H3/q+1. The van der Waals surface area contributed by atoms with Crippen LogP contribution in [0.25, 0.3) is 0 Å². The first-order chi connectivity index (χ1) is 9.43. The van der Waals surface area contributed by atoms with Gasteiger partial charge in [0.2, 0.25) is 0 Å². The Balaban J connectivity index is 1.79. The molecule has 0 unspecified atom stereocenters. The van der Waals surface area contributed by atoms with Gasteiger partial charge < -0.3 is 0 Å². The van der Waals surface area contributed by atoms with Crippen molar-refractivity contribution in [3.63, 3.8) is 0 Å². The van der Waals surface area contributed by atoms with Crippen molar-refractivity contribution in [3.8, 4) is 0 Å². The lowest BCUT2D eigenvalue weighted by Crippen LogP contribution is -2.32. The molecule has 0 aromatic carbocycles. The number of aromatic nitrogens is 1. The molecular formula is C18H32N+. The third kappa shape index (κ3) is 9.69. The zero-order chi connectivity index (χ0) is 13.6. The third-order valence-corrected chi connectivity index (χ3v) is 3.80. The van der Waals surface area contributed by atoms with Crippen LogP contribution < -0.4 is 4.57 Å². The van der Waals surface area contributed by atoms with E-state index in [1.54, 1.807) is 0 Å². The van der Waals surface area contributed by atoms with Gasteiger partial charge in [-0.1, -0.05) is 70.8 Å². The second-order valence-electron chi connectivity index (χ2n) is 5.65. The molecule has 0 amide bonds. The molecule has 1 aromatic rings. The SMILES string of the molecule is CCCCCCCCCCCCC[n+]1ccccc1. The van der Waals surface area contributed by atoms with E-state index in [1.807, 2.05) is 0 Å². The quantitative estimate of drug-likeness (QED) is 0.356. The van der Waals surface area contributed by atoms with Crippen LogP contribution >= 0.6 is 0 Å². The van der Waals surface area contributed by atoms with Gasteiger partial charge in [0.05, 0.1) is 0 Å². The summed E-state index contributed by atoms with van der Waals surface area (Å²) in [4.78, 5) is 0. The minimum Gasteiger partial charge on any atom is -0.205 e. The second-order valence-corrected chi connectivity index (χ2v) is 5.65. The molecule has 1 heteroatoms. The summed E-state index contributed by atoms with van der Waals surface area (Å²) in [6.07, 6.45) is 20.0. The van der Waals surface area contributed by atoms with Crippen LogP contribution in [0.1, 0.15) is 77.6 Å². The Hall–Kier alpha value is -0.850. The van der Waals surface area contributed by atoms with E-state index in [0.717, 1.165) is 0 Å². The van der Waals surface area contributed by atoms with Crippen molar-refractivity contribution in [2.75, 3.05) is 0 Å². The van der Waals surface area contributed by atoms with Gasteiger partial charge in [0.25, 0.3) is 0 Å². The fourth-order valence-electron chi connectivity index (χ4n) is 2.54. The number of hydrogen-bond donors (Lipinski definition) is 0. The van der Waals surface area contributed by atoms with Crippen LogP contribution in [-0.2, 0) is 6.54 Å². The molecular weight excluding hydrogens is 230 g/mol. The highest BCUT2D eigenvalue weighted by atomic mass is 14.9. The summed E-state index contributed by atoms with van der Waals surface area (Å²) in [7, 11) is 0. The van der Waals surface area contributed by atoms with Crippen LogP contribution in [0, 0.1) is 0 Å². The highest BCUT2D eigenvalue weighted by molar-refractivity contribution is 4.83. The van der Waals surface area contributed by atoms with Crippen LogP contribution in [0.4, 0.5) is 0 Å². The van der Waals surface area contributed by atoms with Crippen LogP contribution in [-0.4, -0.2) is 0 Å². The van der Waals surface area contributed by atoms with Crippen molar-refractivity contribution in [2.24, 2.45) is 0 Å². The van der Waals surface area contributed by atoms with E-state index >= 15 is 0 Å². The maximum absolute atomic E-state index is 2.29. The average Bonchev–Trinajstić information content (AvgIpc) is 2.46. The highest BCUT2D eigenvalue weighted by Gasteiger charge is 1.97. The number of rotatable bonds is 12. The topological polar surface area (TPSA) is 3.88 Å². The predicted octanol–water partition coefficient (Wildman–Crippen LogP) is 5.29. The van der Waals surface area contributed by atoms with Crippen molar-refractivity contribution >= 4 is 0 Å². The summed E-state index contributed by atoms with van der Waals surface area (Å²) in [5.74, 6) is 0. The smallest absolute Gasteiger partial charge is 0.168 e. The van der Waals surface area contributed by atoms with Gasteiger partial charge >= 0.3 is 0 Å². The fourth-order valence-corrected chi connectivity index (χ4v) is 2.54. The molecule has 19 heavy (non-hydrogen) atoms. The lowest BCUT2D eigenvalue weighted by atomic mass is 10.1. The molecule has 0 aliphatic rings. The highest BCUT2D eigenvalue weighted by Crippen LogP contribution is 2.11. The number of hydrogen-bond acceptors (Lipinski definition) is 0. The maximum atomic E-state index is 2.29. The first-order valence-electron chi connectivity index (χ1n) is 8.37. The van der Waals surface area contributed by atoms with Crippen LogP contribution in [0.5, 0.6) is 0 Å². The molecule has 0 N–H and O–H groups in total. The molecule has 1 rings (SSSR count). The van der Waals surface area contributed by atoms with Gasteiger partial charge in [-0.15, -0.1) is 0 Å². The lowest BCUT2D eigenvalue weighted by Gasteiger charge is -2.01. The predicted molar refractivity (Wildman–Crippen MR) is 83.1 cm³/mol. The minimum atomic E-state index is 1.18. The normalized spacial score (nSPS) is 10.8. The first-order valence-corrected chi connectivity index (χ1v) is 8.37. The summed E-state index contributed by atoms with van der Waals surface area (Å²) in [5, 5.41) is 0. The van der Waals surface area contributed by atoms with Crippen LogP contribution in [0.2, 0.25) is 0 Å². The molecule has 0 saturated heterocycles. The summed E-state index contributed by atoms with van der Waals surface area (Å²) in [5.41, 5.74) is 0. The van der Waals surface area contributed by atoms with Crippen molar-refractivity contribution in [3.05, 3.63) is 30.6 Å². The molecule has 0 atom stereocenters. The number of unbranched alkanes of at least 4 members (excludes halogenated alkanes) is 10. The van der Waals surface area contributed by atoms with Gasteiger partial charge in [-0.2, -0.15) is 0 Å². The minimum absolute atomic E-state index is 1.18. The Morgan fingerprint density at radius 3 is 1.58 bits per heavy atom. The Morgan fingerprint density at radius 1 is 0.579 bits per heavy atom. The monoisotopic (exact) mass is 262 g/mol. The molecule has 0 aliphatic carbocycles. The Bertz CT molecular complexity index is 281. The van der Waals surface area contributed by atoms with Crippen molar-refractivity contribution in [1.29, 1.82) is 0 Å². The summed E-state index contributed by atoms with van der Waals surface area (Å²) in [6.45, 7) is 3.46. The Morgan fingerprint density at radius 2 is 1.05 bits per heavy atom. The van der Waals surface area contributed by atoms with Crippen molar-refractivity contribution in [1.82, 2.24) is 0 Å². The molecule has 1 heterocycles. The van der Waals surface area contributed by atoms with Gasteiger partial charge in [0.1, 0.15) is 6.54 Å². The lowest BCUT2D eigenvalue weighted by molar-refractivity contribution is -0.697. The number of pyridine rings is 1. The molecule has 1 nitrogen and oxygen atoms in total. The van der Waals surface area contributed by atoms with E-state index < -0.39 is 0 Å². The first kappa shape index (κ1) is 16.2. The summed E-state index contributed by atoms with van der Waals surface area (Å²) in [6, 6.07) is 6.30. The molecule has 0 radical (unpaired) electrons. The average molecular weight is 262 g/mol. The van der Waals surface area contributed by atoms with Crippen LogP contribution in [0.3, 0.4) is 0 Å². The largest absolute Gasteiger partial charge is 0.205 e. The van der Waals surface area contributed by atoms with Crippen molar-refractivity contribution < 1.29 is 4.57 Å². The van der Waals surface area contributed by atoms with E-state index in [4.69, 9.17) is 0 Å². The van der Waals surface area contributed by atoms with Gasteiger partial charge in [0, 0.05) is 18.6 Å². The third-order valence-electron chi connectivity index (χ3n) is 3.80. The van der Waals surface area contributed by atoms with Gasteiger partial charge in [-0.25, -0.2) is 4.57 Å². The Labute approximate surface area is 120 Å². The molecule has 1 aromatic heterocycles. The number of nitrogens with zero attached hydrogens (tertiary/aromatic N) is 1. The molecule has 0 fully saturated rings. The van der Waals surface area contributed by atoms with Gasteiger partial charge in [-0.3, -0.25) is 0 Å². The molecule has 0 aliphatic heterocycles. The summed E-state index contributed by atoms with van der Waals surface area (Å²) < 4.78 is 2.29. The zero-order valence-corrected chi connectivity index (χ0v) is 12.8. The van der Waals surface area contributed by atoms with E-state index in [-0.39, 0.29) is 0 Å². The molecule has 0 spiro atoms. The van der Waals surface area contributed by atoms with E-state index in [9.17, 15) is 0 Å². The van der Waals surface area contributed by atoms with E-state index in [0.29, 0.717) is 0 Å². The van der Waals surface area contributed by atoms with Gasteiger partial charge in [0.15, 0.2) is 12.4 Å². The molecule has 108 valence electrons. The van der Waals surface area contributed by atoms with E-state index in [2.05, 4.69) is 42.1 Å². The van der Waals surface area contributed by atoms with Crippen molar-refractivity contribution in [2.45, 2.75) is 84.1 Å². The zero-order valence-electron chi connectivity index (χ0n) is 12.8. The fraction of sp³-hybridized carbons (Fsp3) is 0.722. The summed E-state index contributed by atoms with van der Waals surface area (Å²) >= 11 is 0. The molecule has 0 saturated carbocycles. The molecule has 0 bridgehead atoms. The second kappa shape index (κ2) is 12.2.